The Morgan fingerprint density at radius 2 is 1.71 bits per heavy atom. The third-order valence-electron chi connectivity index (χ3n) is 4.53. The molecule has 0 aliphatic carbocycles. The maximum atomic E-state index is 12.7. The van der Waals surface area contributed by atoms with Crippen molar-refractivity contribution >= 4 is 35.0 Å². The Morgan fingerprint density at radius 1 is 0.968 bits per heavy atom. The van der Waals surface area contributed by atoms with Gasteiger partial charge in [0.15, 0.2) is 0 Å². The van der Waals surface area contributed by atoms with Crippen LogP contribution in [0.3, 0.4) is 0 Å². The lowest BCUT2D eigenvalue weighted by molar-refractivity contribution is -0.115. The lowest BCUT2D eigenvalue weighted by Gasteiger charge is -2.15. The minimum absolute atomic E-state index is 0.119. The fraction of sp³-hybridized carbons (Fsp3) is 0.200. The number of hydrogen-bond donors (Lipinski definition) is 2. The zero-order valence-corrected chi connectivity index (χ0v) is 18.7. The molecule has 0 fully saturated rings. The van der Waals surface area contributed by atoms with Gasteiger partial charge in [-0.3, -0.25) is 9.59 Å². The van der Waals surface area contributed by atoms with Crippen molar-refractivity contribution in [2.45, 2.75) is 30.9 Å². The summed E-state index contributed by atoms with van der Waals surface area (Å²) in [7, 11) is 0. The monoisotopic (exact) mass is 434 g/mol. The molecule has 0 bridgehead atoms. The Kier molecular flexibility index (Phi) is 7.73. The van der Waals surface area contributed by atoms with E-state index in [4.69, 9.17) is 4.74 Å². The first-order chi connectivity index (χ1) is 15.0. The molecule has 0 saturated heterocycles. The van der Waals surface area contributed by atoms with Crippen LogP contribution in [0.1, 0.15) is 29.8 Å². The number of carbonyl (C=O) groups excluding carboxylic acids is 2. The first-order valence-electron chi connectivity index (χ1n) is 10.1. The standard InChI is InChI=1S/C25H26N2O3S/c1-4-30-23-11-6-5-10-22(23)27-24(28)18(3)31-21-9-7-8-20(16-21)26-25(29)19-14-12-17(2)13-15-19/h5-16,18H,4H2,1-3H3,(H,26,29)(H,27,28). The van der Waals surface area contributed by atoms with Crippen LogP contribution in [0.4, 0.5) is 11.4 Å². The number of amides is 2. The summed E-state index contributed by atoms with van der Waals surface area (Å²) in [5.74, 6) is 0.364. The fourth-order valence-electron chi connectivity index (χ4n) is 2.90. The fourth-order valence-corrected chi connectivity index (χ4v) is 3.82. The molecule has 2 amide bonds. The molecule has 5 nitrogen and oxygen atoms in total. The Hall–Kier alpha value is -3.25. The summed E-state index contributed by atoms with van der Waals surface area (Å²) < 4.78 is 5.57. The maximum absolute atomic E-state index is 12.7. The average Bonchev–Trinajstić information content (AvgIpc) is 2.76. The van der Waals surface area contributed by atoms with Crippen molar-refractivity contribution in [3.05, 3.63) is 83.9 Å². The number of ether oxygens (including phenoxy) is 1. The van der Waals surface area contributed by atoms with Gasteiger partial charge in [-0.05, 0) is 63.2 Å². The number of benzene rings is 3. The lowest BCUT2D eigenvalue weighted by Crippen LogP contribution is -2.22. The van der Waals surface area contributed by atoms with Gasteiger partial charge in [-0.2, -0.15) is 0 Å². The van der Waals surface area contributed by atoms with Crippen LogP contribution >= 0.6 is 11.8 Å². The van der Waals surface area contributed by atoms with E-state index in [-0.39, 0.29) is 17.1 Å². The highest BCUT2D eigenvalue weighted by Crippen LogP contribution is 2.29. The summed E-state index contributed by atoms with van der Waals surface area (Å²) in [5.41, 5.74) is 3.04. The van der Waals surface area contributed by atoms with Crippen LogP contribution < -0.4 is 15.4 Å². The molecule has 1 atom stereocenters. The van der Waals surface area contributed by atoms with E-state index in [0.29, 0.717) is 29.3 Å². The summed E-state index contributed by atoms with van der Waals surface area (Å²) in [4.78, 5) is 26.0. The highest BCUT2D eigenvalue weighted by molar-refractivity contribution is 8.00. The number of para-hydroxylation sites is 2. The summed E-state index contributed by atoms with van der Waals surface area (Å²) in [6, 6.07) is 22.3. The van der Waals surface area contributed by atoms with Crippen LogP contribution in [0.15, 0.2) is 77.7 Å². The van der Waals surface area contributed by atoms with E-state index in [9.17, 15) is 9.59 Å². The molecular formula is C25H26N2O3S. The van der Waals surface area contributed by atoms with Gasteiger partial charge in [-0.1, -0.05) is 35.9 Å². The summed E-state index contributed by atoms with van der Waals surface area (Å²) in [6.07, 6.45) is 0. The van der Waals surface area contributed by atoms with Gasteiger partial charge in [0.25, 0.3) is 5.91 Å². The highest BCUT2D eigenvalue weighted by Gasteiger charge is 2.17. The van der Waals surface area contributed by atoms with Crippen LogP contribution in [0.5, 0.6) is 5.75 Å². The molecule has 0 saturated carbocycles. The van der Waals surface area contributed by atoms with Gasteiger partial charge in [0, 0.05) is 16.1 Å². The molecule has 2 N–H and O–H groups in total. The highest BCUT2D eigenvalue weighted by atomic mass is 32.2. The Morgan fingerprint density at radius 3 is 2.45 bits per heavy atom. The van der Waals surface area contributed by atoms with Crippen molar-refractivity contribution in [3.63, 3.8) is 0 Å². The van der Waals surface area contributed by atoms with Gasteiger partial charge in [-0.25, -0.2) is 0 Å². The number of rotatable bonds is 8. The molecule has 0 radical (unpaired) electrons. The smallest absolute Gasteiger partial charge is 0.255 e. The largest absolute Gasteiger partial charge is 0.492 e. The molecule has 0 heterocycles. The summed E-state index contributed by atoms with van der Waals surface area (Å²) in [6.45, 7) is 6.26. The van der Waals surface area contributed by atoms with E-state index in [1.165, 1.54) is 11.8 Å². The van der Waals surface area contributed by atoms with E-state index >= 15 is 0 Å². The van der Waals surface area contributed by atoms with Gasteiger partial charge in [0.05, 0.1) is 17.5 Å². The third kappa shape index (κ3) is 6.36. The van der Waals surface area contributed by atoms with E-state index in [2.05, 4.69) is 10.6 Å². The van der Waals surface area contributed by atoms with Crippen molar-refractivity contribution < 1.29 is 14.3 Å². The second kappa shape index (κ2) is 10.7. The Balaban J connectivity index is 1.63. The molecule has 6 heteroatoms. The van der Waals surface area contributed by atoms with Gasteiger partial charge in [0.1, 0.15) is 5.75 Å². The molecule has 3 aromatic carbocycles. The van der Waals surface area contributed by atoms with Gasteiger partial charge >= 0.3 is 0 Å². The van der Waals surface area contributed by atoms with Gasteiger partial charge < -0.3 is 15.4 Å². The van der Waals surface area contributed by atoms with Crippen molar-refractivity contribution in [3.8, 4) is 5.75 Å². The second-order valence-corrected chi connectivity index (χ2v) is 8.44. The SMILES string of the molecule is CCOc1ccccc1NC(=O)C(C)Sc1cccc(NC(=O)c2ccc(C)cc2)c1. The van der Waals surface area contributed by atoms with Crippen molar-refractivity contribution in [1.29, 1.82) is 0 Å². The molecule has 0 aromatic heterocycles. The number of nitrogens with one attached hydrogen (secondary N) is 2. The van der Waals surface area contributed by atoms with Crippen LogP contribution in [0.25, 0.3) is 0 Å². The number of aryl methyl sites for hydroxylation is 1. The minimum Gasteiger partial charge on any atom is -0.492 e. The number of anilines is 2. The zero-order chi connectivity index (χ0) is 22.2. The normalized spacial score (nSPS) is 11.5. The molecule has 1 unspecified atom stereocenters. The van der Waals surface area contributed by atoms with Crippen molar-refractivity contribution in [2.75, 3.05) is 17.2 Å². The molecule has 160 valence electrons. The molecule has 31 heavy (non-hydrogen) atoms. The minimum atomic E-state index is -0.335. The topological polar surface area (TPSA) is 67.4 Å². The molecule has 3 rings (SSSR count). The predicted molar refractivity (Wildman–Crippen MR) is 127 cm³/mol. The third-order valence-corrected chi connectivity index (χ3v) is 5.63. The number of thioether (sulfide) groups is 1. The van der Waals surface area contributed by atoms with Crippen LogP contribution in [-0.2, 0) is 4.79 Å². The number of carbonyl (C=O) groups is 2. The second-order valence-electron chi connectivity index (χ2n) is 7.03. The van der Waals surface area contributed by atoms with Crippen molar-refractivity contribution in [1.82, 2.24) is 0 Å². The first kappa shape index (κ1) is 22.4. The summed E-state index contributed by atoms with van der Waals surface area (Å²) >= 11 is 1.42. The quantitative estimate of drug-likeness (QED) is 0.442. The summed E-state index contributed by atoms with van der Waals surface area (Å²) in [5, 5.41) is 5.51. The lowest BCUT2D eigenvalue weighted by atomic mass is 10.1. The van der Waals surface area contributed by atoms with E-state index in [0.717, 1.165) is 10.5 Å². The first-order valence-corrected chi connectivity index (χ1v) is 11.0. The predicted octanol–water partition coefficient (Wildman–Crippen LogP) is 5.77. The van der Waals surface area contributed by atoms with E-state index < -0.39 is 0 Å². The van der Waals surface area contributed by atoms with Crippen LogP contribution in [0.2, 0.25) is 0 Å². The Bertz CT molecular complexity index is 1050. The van der Waals surface area contributed by atoms with Crippen LogP contribution in [0, 0.1) is 6.92 Å². The average molecular weight is 435 g/mol. The molecule has 0 spiro atoms. The van der Waals surface area contributed by atoms with E-state index in [1.54, 1.807) is 12.1 Å². The van der Waals surface area contributed by atoms with E-state index in [1.807, 2.05) is 81.4 Å². The Labute approximate surface area is 187 Å². The number of hydrogen-bond acceptors (Lipinski definition) is 4. The molecule has 3 aromatic rings. The maximum Gasteiger partial charge on any atom is 0.255 e. The van der Waals surface area contributed by atoms with Gasteiger partial charge in [0.2, 0.25) is 5.91 Å². The van der Waals surface area contributed by atoms with Crippen molar-refractivity contribution in [2.24, 2.45) is 0 Å². The zero-order valence-electron chi connectivity index (χ0n) is 17.8. The molecule has 0 aliphatic rings. The van der Waals surface area contributed by atoms with Crippen LogP contribution in [-0.4, -0.2) is 23.7 Å². The molecule has 0 aliphatic heterocycles. The molecular weight excluding hydrogens is 408 g/mol. The van der Waals surface area contributed by atoms with Gasteiger partial charge in [-0.15, -0.1) is 11.8 Å².